The van der Waals surface area contributed by atoms with Gasteiger partial charge in [0.25, 0.3) is 6.26 Å². The van der Waals surface area contributed by atoms with Crippen LogP contribution in [0.25, 0.3) is 0 Å². The van der Waals surface area contributed by atoms with E-state index < -0.39 is 5.97 Å². The van der Waals surface area contributed by atoms with E-state index in [-0.39, 0.29) is 82.9 Å². The Hall–Kier alpha value is -1.17. The SMILES string of the molecule is N#CO.[CH2-]Cc1ccc(OCC(=O)O)cc1.[CH3-].[Cs+].[Fm]. The van der Waals surface area contributed by atoms with Gasteiger partial charge in [-0.3, -0.25) is 0 Å². The maximum absolute atomic E-state index is 10.2. The van der Waals surface area contributed by atoms with Crippen molar-refractivity contribution in [1.82, 2.24) is 0 Å². The average Bonchev–Trinajstić information content (AvgIpc) is 2.28. The normalized spacial score (nSPS) is 6.95. The van der Waals surface area contributed by atoms with Crippen LogP contribution in [0.3, 0.4) is 0 Å². The minimum absolute atomic E-state index is 0. The van der Waals surface area contributed by atoms with Gasteiger partial charge < -0.3 is 29.3 Å². The van der Waals surface area contributed by atoms with Crippen molar-refractivity contribution in [3.8, 4) is 12.0 Å². The number of carboxylic acids is 1. The molecule has 0 fully saturated rings. The number of nitriles is 1. The third kappa shape index (κ3) is 14.8. The summed E-state index contributed by atoms with van der Waals surface area (Å²) < 4.78 is 4.95. The van der Waals surface area contributed by atoms with Gasteiger partial charge in [-0.15, -0.1) is 0 Å². The molecule has 1 aromatic rings. The Labute approximate surface area is 166 Å². The summed E-state index contributed by atoms with van der Waals surface area (Å²) in [6.45, 7) is 3.42. The molecule has 1 aromatic carbocycles. The van der Waals surface area contributed by atoms with Crippen molar-refractivity contribution in [3.05, 3.63) is 44.2 Å². The standard InChI is InChI=1S/C10H11O3.CHNO.CH3.Cs.Fm/c1-2-8-3-5-9(6-4-8)13-7-10(11)12;2-1-3;;;/h3-6H,1-2,7H2,(H,11,12);3H;1H3;;/q-1;;-1;+1;. The molecule has 0 saturated heterocycles. The Morgan fingerprint density at radius 2 is 1.79 bits per heavy atom. The molecule has 0 heterocycles. The van der Waals surface area contributed by atoms with Gasteiger partial charge in [0, 0.05) is 0 Å². The van der Waals surface area contributed by atoms with Gasteiger partial charge in [0.1, 0.15) is 5.75 Å². The fraction of sp³-hybridized carbons (Fsp3) is 0.167. The molecule has 0 atom stereocenters. The monoisotopic (exact) mass is 627 g/mol. The topological polar surface area (TPSA) is 90.5 Å². The first-order valence-electron chi connectivity index (χ1n) is 4.40. The second-order valence-corrected chi connectivity index (χ2v) is 2.68. The second kappa shape index (κ2) is 16.8. The van der Waals surface area contributed by atoms with Crippen LogP contribution in [0.5, 0.6) is 5.75 Å². The van der Waals surface area contributed by atoms with Crippen molar-refractivity contribution in [3.63, 3.8) is 0 Å². The molecule has 0 aliphatic rings. The molecule has 2 N–H and O–H groups in total. The number of benzene rings is 1. The molecule has 19 heavy (non-hydrogen) atoms. The molecule has 106 valence electrons. The molecular weight excluding hydrogens is 612 g/mol. The molecule has 5 nitrogen and oxygen atoms in total. The molecule has 0 aliphatic carbocycles. The number of aliphatic carboxylic acids is 1. The zero-order valence-corrected chi connectivity index (χ0v) is 19.6. The van der Waals surface area contributed by atoms with Gasteiger partial charge in [0.05, 0.1) is 0 Å². The number of ether oxygens (including phenoxy) is 1. The van der Waals surface area contributed by atoms with E-state index in [1.807, 2.05) is 12.1 Å². The van der Waals surface area contributed by atoms with Crippen LogP contribution in [0.1, 0.15) is 5.56 Å². The third-order valence-electron chi connectivity index (χ3n) is 1.57. The maximum Gasteiger partial charge on any atom is 1.00 e. The van der Waals surface area contributed by atoms with Gasteiger partial charge in [-0.2, -0.15) is 11.7 Å². The van der Waals surface area contributed by atoms with E-state index >= 15 is 0 Å². The second-order valence-electron chi connectivity index (χ2n) is 2.68. The van der Waals surface area contributed by atoms with Gasteiger partial charge in [-0.1, -0.05) is 17.7 Å². The quantitative estimate of drug-likeness (QED) is 0.325. The zero-order valence-electron chi connectivity index (χ0n) is 10.9. The van der Waals surface area contributed by atoms with E-state index in [9.17, 15) is 4.79 Å². The van der Waals surface area contributed by atoms with E-state index in [4.69, 9.17) is 20.2 Å². The minimum Gasteiger partial charge on any atom is -0.482 e. The van der Waals surface area contributed by atoms with E-state index in [2.05, 4.69) is 6.92 Å². The largest absolute Gasteiger partial charge is 1.00 e. The van der Waals surface area contributed by atoms with Gasteiger partial charge >= 0.3 is 74.9 Å². The van der Waals surface area contributed by atoms with Crippen molar-refractivity contribution in [1.29, 1.82) is 5.26 Å². The molecule has 0 spiro atoms. The summed E-state index contributed by atoms with van der Waals surface area (Å²) in [5, 5.41) is 22.1. The third-order valence-corrected chi connectivity index (χ3v) is 1.57. The van der Waals surface area contributed by atoms with Crippen LogP contribution >= 0.6 is 0 Å². The van der Waals surface area contributed by atoms with Crippen LogP contribution in [0.4, 0.5) is 0 Å². The van der Waals surface area contributed by atoms with Crippen molar-refractivity contribution >= 4 is 5.97 Å². The van der Waals surface area contributed by atoms with Crippen LogP contribution in [-0.2, 0) is 11.2 Å². The van der Waals surface area contributed by atoms with Crippen LogP contribution in [-0.4, -0.2) is 22.8 Å². The van der Waals surface area contributed by atoms with E-state index in [1.54, 1.807) is 12.1 Å². The number of rotatable bonds is 4. The van der Waals surface area contributed by atoms with Crippen molar-refractivity contribution in [2.75, 3.05) is 6.61 Å². The van der Waals surface area contributed by atoms with Crippen LogP contribution in [0.2, 0.25) is 0 Å². The summed E-state index contributed by atoms with van der Waals surface area (Å²) >= 11 is 0. The minimum atomic E-state index is -0.971. The molecule has 0 aromatic heterocycles. The summed E-state index contributed by atoms with van der Waals surface area (Å²) in [4.78, 5) is 10.2. The maximum atomic E-state index is 10.2. The first kappa shape index (κ1) is 26.4. The number of carbonyl (C=O) groups is 1. The molecule has 0 radical (unpaired) electrons. The number of hydrogen-bond donors (Lipinski definition) is 2. The molecule has 0 amide bonds. The van der Waals surface area contributed by atoms with Gasteiger partial charge in [0.2, 0.25) is 0 Å². The summed E-state index contributed by atoms with van der Waals surface area (Å²) in [6, 6.07) is 7.21. The number of nitrogens with zero attached hydrogens (tertiary/aromatic N) is 1. The Morgan fingerprint density at radius 3 is 2.11 bits per heavy atom. The summed E-state index contributed by atoms with van der Waals surface area (Å²) in [5.74, 6) is -0.402. The Kier molecular flexibility index (Phi) is 23.4. The molecule has 0 aliphatic heterocycles. The zero-order chi connectivity index (χ0) is 12.4. The first-order valence-corrected chi connectivity index (χ1v) is 4.40. The number of hydrogen-bond acceptors (Lipinski definition) is 4. The van der Waals surface area contributed by atoms with E-state index in [0.717, 1.165) is 18.2 Å². The fourth-order valence-corrected chi connectivity index (χ4v) is 0.897. The van der Waals surface area contributed by atoms with Gasteiger partial charge in [-0.25, -0.2) is 4.79 Å². The first-order chi connectivity index (χ1) is 7.63. The van der Waals surface area contributed by atoms with Crippen molar-refractivity contribution in [2.24, 2.45) is 0 Å². The number of aliphatic hydroxyl groups is 1. The fourth-order valence-electron chi connectivity index (χ4n) is 0.897. The van der Waals surface area contributed by atoms with E-state index in [1.165, 1.54) is 0 Å². The molecule has 1 rings (SSSR count). The van der Waals surface area contributed by atoms with Crippen molar-refractivity contribution < 1.29 is 88.6 Å². The Balaban J connectivity index is -0.000000172. The van der Waals surface area contributed by atoms with E-state index in [0.29, 0.717) is 5.75 Å². The Bertz CT molecular complexity index is 365. The molecule has 0 unspecified atom stereocenters. The van der Waals surface area contributed by atoms with Gasteiger partial charge in [-0.05, 0) is 12.1 Å². The molecule has 0 bridgehead atoms. The number of carboxylic acid groups (broad SMARTS) is 1. The number of aliphatic hydroxyl groups excluding tert-OH is 1. The summed E-state index contributed by atoms with van der Waals surface area (Å²) in [7, 11) is 0. The summed E-state index contributed by atoms with van der Waals surface area (Å²) in [5.41, 5.74) is 1.10. The summed E-state index contributed by atoms with van der Waals surface area (Å²) in [6.07, 6.45) is 1.47. The predicted octanol–water partition coefficient (Wildman–Crippen LogP) is -1.18. The van der Waals surface area contributed by atoms with Crippen LogP contribution in [0.15, 0.2) is 24.3 Å². The van der Waals surface area contributed by atoms with Crippen molar-refractivity contribution in [2.45, 2.75) is 6.42 Å². The average molecular weight is 627 g/mol. The molecular formula is C12H15CsFmNO4-. The van der Waals surface area contributed by atoms with Crippen LogP contribution < -0.4 is 73.6 Å². The van der Waals surface area contributed by atoms with Crippen LogP contribution in [0, 0.1) is 25.9 Å². The smallest absolute Gasteiger partial charge is 0.482 e. The molecule has 0 saturated carbocycles. The predicted molar refractivity (Wildman–Crippen MR) is 62.6 cm³/mol. The van der Waals surface area contributed by atoms with Gasteiger partial charge in [0.15, 0.2) is 6.61 Å². The Morgan fingerprint density at radius 1 is 1.37 bits per heavy atom. The molecule has 7 heteroatoms.